The number of hydrogen-bond acceptors (Lipinski definition) is 4. The van der Waals surface area contributed by atoms with E-state index in [4.69, 9.17) is 0 Å². The summed E-state index contributed by atoms with van der Waals surface area (Å²) in [7, 11) is -4.38. The van der Waals surface area contributed by atoms with Gasteiger partial charge in [-0.1, -0.05) is 110 Å². The smallest absolute Gasteiger partial charge is 0.748 e. The molecule has 27 heavy (non-hydrogen) atoms. The standard InChI is InChI=1S/C21H44O4S.K/c1-3-5-6-7-8-9-10-11-12-13-14-15-16-17-18-19-20(22)21(4-2)26(23,24)25;/h20-22H,3-19H2,1-2H3,(H,23,24,25);/q;+1/p-1. The van der Waals surface area contributed by atoms with Crippen LogP contribution in [0.4, 0.5) is 0 Å². The molecule has 4 nitrogen and oxygen atoms in total. The normalized spacial score (nSPS) is 13.9. The number of aliphatic hydroxyl groups excluding tert-OH is 1. The third-order valence-electron chi connectivity index (χ3n) is 5.31. The van der Waals surface area contributed by atoms with E-state index in [0.29, 0.717) is 6.42 Å². The maximum Gasteiger partial charge on any atom is 1.00 e. The molecule has 0 rings (SSSR count). The van der Waals surface area contributed by atoms with Crippen molar-refractivity contribution in [2.24, 2.45) is 0 Å². The van der Waals surface area contributed by atoms with E-state index in [1.807, 2.05) is 0 Å². The molecular formula is C21H43KO4S. The van der Waals surface area contributed by atoms with Crippen LogP contribution >= 0.6 is 0 Å². The molecule has 0 amide bonds. The Kier molecular flexibility index (Phi) is 23.6. The van der Waals surface area contributed by atoms with E-state index in [9.17, 15) is 18.1 Å². The van der Waals surface area contributed by atoms with Gasteiger partial charge in [0.2, 0.25) is 0 Å². The van der Waals surface area contributed by atoms with Gasteiger partial charge in [-0.15, -0.1) is 0 Å². The van der Waals surface area contributed by atoms with Crippen molar-refractivity contribution in [3.63, 3.8) is 0 Å². The van der Waals surface area contributed by atoms with Gasteiger partial charge in [0.25, 0.3) is 0 Å². The fraction of sp³-hybridized carbons (Fsp3) is 1.00. The Morgan fingerprint density at radius 1 is 0.704 bits per heavy atom. The second-order valence-electron chi connectivity index (χ2n) is 7.75. The Morgan fingerprint density at radius 2 is 1.04 bits per heavy atom. The number of hydrogen-bond donors (Lipinski definition) is 1. The molecular weight excluding hydrogens is 387 g/mol. The third-order valence-corrected chi connectivity index (χ3v) is 6.69. The van der Waals surface area contributed by atoms with Crippen molar-refractivity contribution in [2.45, 2.75) is 134 Å². The minimum atomic E-state index is -4.38. The maximum atomic E-state index is 11.0. The van der Waals surface area contributed by atoms with E-state index in [2.05, 4.69) is 6.92 Å². The summed E-state index contributed by atoms with van der Waals surface area (Å²) < 4.78 is 33.1. The largest absolute Gasteiger partial charge is 1.00 e. The molecule has 2 atom stereocenters. The molecule has 0 heterocycles. The van der Waals surface area contributed by atoms with E-state index in [1.165, 1.54) is 77.0 Å². The molecule has 0 fully saturated rings. The summed E-state index contributed by atoms with van der Waals surface area (Å²) in [4.78, 5) is 0. The second kappa shape index (κ2) is 20.8. The Balaban J connectivity index is 0. The molecule has 0 radical (unpaired) electrons. The van der Waals surface area contributed by atoms with Crippen LogP contribution in [0.1, 0.15) is 123 Å². The SMILES string of the molecule is CCCCCCCCCCCCCCCCCC(O)C(CC)S(=O)(=O)[O-].[K+]. The molecule has 0 spiro atoms. The Bertz CT molecular complexity index is 401. The summed E-state index contributed by atoms with van der Waals surface area (Å²) in [6, 6.07) is 0. The van der Waals surface area contributed by atoms with E-state index < -0.39 is 21.5 Å². The number of rotatable bonds is 19. The van der Waals surface area contributed by atoms with Gasteiger partial charge >= 0.3 is 51.4 Å². The fourth-order valence-corrected chi connectivity index (χ4v) is 4.51. The van der Waals surface area contributed by atoms with E-state index in [-0.39, 0.29) is 57.8 Å². The summed E-state index contributed by atoms with van der Waals surface area (Å²) in [6.45, 7) is 3.89. The van der Waals surface area contributed by atoms with Crippen LogP contribution in [-0.2, 0) is 10.1 Å². The predicted molar refractivity (Wildman–Crippen MR) is 109 cm³/mol. The zero-order chi connectivity index (χ0) is 19.7. The first-order chi connectivity index (χ1) is 12.4. The first-order valence-corrected chi connectivity index (χ1v) is 12.5. The van der Waals surface area contributed by atoms with Crippen molar-refractivity contribution < 1.29 is 69.5 Å². The van der Waals surface area contributed by atoms with Crippen molar-refractivity contribution in [1.82, 2.24) is 0 Å². The topological polar surface area (TPSA) is 77.4 Å². The average molecular weight is 431 g/mol. The summed E-state index contributed by atoms with van der Waals surface area (Å²) in [6.07, 6.45) is 18.7. The zero-order valence-electron chi connectivity index (χ0n) is 18.3. The van der Waals surface area contributed by atoms with Gasteiger partial charge in [0, 0.05) is 0 Å². The first kappa shape index (κ1) is 30.7. The summed E-state index contributed by atoms with van der Waals surface area (Å²) >= 11 is 0. The van der Waals surface area contributed by atoms with E-state index in [0.717, 1.165) is 19.3 Å². The molecule has 0 bridgehead atoms. The van der Waals surface area contributed by atoms with Crippen molar-refractivity contribution >= 4 is 10.1 Å². The van der Waals surface area contributed by atoms with Crippen LogP contribution in [0.5, 0.6) is 0 Å². The van der Waals surface area contributed by atoms with Gasteiger partial charge < -0.3 is 9.66 Å². The molecule has 0 saturated carbocycles. The van der Waals surface area contributed by atoms with Crippen LogP contribution in [0, 0.1) is 0 Å². The van der Waals surface area contributed by atoms with Crippen molar-refractivity contribution in [3.05, 3.63) is 0 Å². The molecule has 0 aliphatic heterocycles. The quantitative estimate of drug-likeness (QED) is 0.194. The van der Waals surface area contributed by atoms with Crippen LogP contribution in [0.15, 0.2) is 0 Å². The van der Waals surface area contributed by atoms with Gasteiger partial charge in [-0.2, -0.15) is 0 Å². The minimum absolute atomic E-state index is 0. The van der Waals surface area contributed by atoms with Gasteiger partial charge in [-0.3, -0.25) is 0 Å². The van der Waals surface area contributed by atoms with Gasteiger partial charge in [0.15, 0.2) is 0 Å². The van der Waals surface area contributed by atoms with Crippen LogP contribution < -0.4 is 51.4 Å². The molecule has 0 aliphatic rings. The summed E-state index contributed by atoms with van der Waals surface area (Å²) in [5, 5.41) is 8.72. The van der Waals surface area contributed by atoms with Crippen LogP contribution in [-0.4, -0.2) is 29.4 Å². The van der Waals surface area contributed by atoms with Crippen LogP contribution in [0.3, 0.4) is 0 Å². The molecule has 2 unspecified atom stereocenters. The van der Waals surface area contributed by atoms with Crippen LogP contribution in [0.2, 0.25) is 0 Å². The molecule has 0 aromatic heterocycles. The fourth-order valence-electron chi connectivity index (χ4n) is 3.58. The third kappa shape index (κ3) is 19.2. The van der Waals surface area contributed by atoms with Crippen molar-refractivity contribution in [3.8, 4) is 0 Å². The van der Waals surface area contributed by atoms with E-state index >= 15 is 0 Å². The molecule has 158 valence electrons. The monoisotopic (exact) mass is 430 g/mol. The van der Waals surface area contributed by atoms with Crippen LogP contribution in [0.25, 0.3) is 0 Å². The molecule has 0 aliphatic carbocycles. The first-order valence-electron chi connectivity index (χ1n) is 11.1. The van der Waals surface area contributed by atoms with Gasteiger partial charge in [-0.05, 0) is 12.8 Å². The molecule has 1 N–H and O–H groups in total. The van der Waals surface area contributed by atoms with E-state index in [1.54, 1.807) is 6.92 Å². The van der Waals surface area contributed by atoms with Gasteiger partial charge in [-0.25, -0.2) is 8.42 Å². The summed E-state index contributed by atoms with van der Waals surface area (Å²) in [5.41, 5.74) is 0. The Morgan fingerprint density at radius 3 is 1.33 bits per heavy atom. The number of unbranched alkanes of at least 4 members (excludes halogenated alkanes) is 14. The molecule has 0 saturated heterocycles. The van der Waals surface area contributed by atoms with Crippen molar-refractivity contribution in [2.75, 3.05) is 0 Å². The molecule has 6 heteroatoms. The summed E-state index contributed by atoms with van der Waals surface area (Å²) in [5.74, 6) is 0. The van der Waals surface area contributed by atoms with Gasteiger partial charge in [0.05, 0.1) is 11.4 Å². The zero-order valence-corrected chi connectivity index (χ0v) is 22.2. The second-order valence-corrected chi connectivity index (χ2v) is 9.34. The average Bonchev–Trinajstić information content (AvgIpc) is 2.57. The Hall–Kier alpha value is 1.51. The van der Waals surface area contributed by atoms with Crippen molar-refractivity contribution in [1.29, 1.82) is 0 Å². The number of aliphatic hydroxyl groups is 1. The maximum absolute atomic E-state index is 11.0. The molecule has 0 aromatic rings. The predicted octanol–water partition coefficient (Wildman–Crippen LogP) is 2.94. The Labute approximate surface area is 211 Å². The minimum Gasteiger partial charge on any atom is -0.748 e. The van der Waals surface area contributed by atoms with Gasteiger partial charge in [0.1, 0.15) is 10.1 Å². The molecule has 0 aromatic carbocycles.